The average Bonchev–Trinajstić information content (AvgIpc) is 2.07. The fourth-order valence-electron chi connectivity index (χ4n) is 0.775. The topological polar surface area (TPSA) is 9.23 Å². The number of hydrogen-bond donors (Lipinski definition) is 0. The molecule has 0 amide bonds. The third kappa shape index (κ3) is 2.26. The van der Waals surface area contributed by atoms with Crippen molar-refractivity contribution >= 4 is 50.1 Å². The van der Waals surface area contributed by atoms with Crippen LogP contribution in [-0.2, 0) is 0 Å². The average molecular weight is 361 g/mol. The van der Waals surface area contributed by atoms with Crippen molar-refractivity contribution in [2.45, 2.75) is 6.92 Å². The normalized spacial score (nSPS) is 10.0. The highest BCUT2D eigenvalue weighted by molar-refractivity contribution is 14.1. The van der Waals surface area contributed by atoms with Crippen molar-refractivity contribution in [1.82, 2.24) is 0 Å². The second-order valence-electron chi connectivity index (χ2n) is 2.11. The van der Waals surface area contributed by atoms with E-state index in [4.69, 9.17) is 16.3 Å². The summed E-state index contributed by atoms with van der Waals surface area (Å²) in [4.78, 5) is 0. The summed E-state index contributed by atoms with van der Waals surface area (Å²) in [5.41, 5.74) is 0. The second-order valence-corrected chi connectivity index (χ2v) is 4.42. The minimum absolute atomic E-state index is 0.636. The lowest BCUT2D eigenvalue weighted by atomic mass is 10.3. The van der Waals surface area contributed by atoms with Gasteiger partial charge < -0.3 is 4.74 Å². The Kier molecular flexibility index (Phi) is 4.13. The molecular formula is C8H7BrClIO. The van der Waals surface area contributed by atoms with Crippen LogP contribution in [0.1, 0.15) is 6.92 Å². The predicted molar refractivity (Wildman–Crippen MR) is 63.0 cm³/mol. The number of benzene rings is 1. The van der Waals surface area contributed by atoms with Gasteiger partial charge in [0.05, 0.1) is 11.6 Å². The van der Waals surface area contributed by atoms with Gasteiger partial charge in [0.15, 0.2) is 0 Å². The molecule has 0 heterocycles. The van der Waals surface area contributed by atoms with Crippen molar-refractivity contribution in [1.29, 1.82) is 0 Å². The summed E-state index contributed by atoms with van der Waals surface area (Å²) >= 11 is 11.6. The van der Waals surface area contributed by atoms with Crippen LogP contribution in [0.15, 0.2) is 16.6 Å². The number of halogens is 3. The van der Waals surface area contributed by atoms with Gasteiger partial charge in [-0.2, -0.15) is 0 Å². The summed E-state index contributed by atoms with van der Waals surface area (Å²) in [5, 5.41) is 0.673. The highest BCUT2D eigenvalue weighted by atomic mass is 127. The van der Waals surface area contributed by atoms with E-state index in [-0.39, 0.29) is 0 Å². The van der Waals surface area contributed by atoms with Crippen LogP contribution < -0.4 is 4.74 Å². The minimum Gasteiger partial charge on any atom is -0.492 e. The Hall–Kier alpha value is 0.520. The Morgan fingerprint density at radius 1 is 1.58 bits per heavy atom. The quantitative estimate of drug-likeness (QED) is 0.569. The Balaban J connectivity index is 3.08. The largest absolute Gasteiger partial charge is 0.492 e. The van der Waals surface area contributed by atoms with Crippen LogP contribution in [0, 0.1) is 3.57 Å². The Bertz CT molecular complexity index is 291. The molecule has 0 aromatic heterocycles. The SMILES string of the molecule is CCOc1ccc(Br)c(I)c1Cl. The molecule has 0 radical (unpaired) electrons. The van der Waals surface area contributed by atoms with Gasteiger partial charge in [0.25, 0.3) is 0 Å². The molecule has 0 fully saturated rings. The van der Waals surface area contributed by atoms with Crippen molar-refractivity contribution in [3.8, 4) is 5.75 Å². The molecule has 0 atom stereocenters. The standard InChI is InChI=1S/C8H7BrClIO/c1-2-12-6-4-3-5(9)8(11)7(6)10/h3-4H,2H2,1H3. The summed E-state index contributed by atoms with van der Waals surface area (Å²) in [6.45, 7) is 2.57. The maximum atomic E-state index is 6.01. The molecule has 0 saturated carbocycles. The number of ether oxygens (including phenoxy) is 1. The summed E-state index contributed by atoms with van der Waals surface area (Å²) in [6.07, 6.45) is 0. The van der Waals surface area contributed by atoms with E-state index in [1.807, 2.05) is 19.1 Å². The molecule has 0 N–H and O–H groups in total. The van der Waals surface area contributed by atoms with Crippen LogP contribution in [0.5, 0.6) is 5.75 Å². The van der Waals surface area contributed by atoms with Gasteiger partial charge in [-0.25, -0.2) is 0 Å². The zero-order chi connectivity index (χ0) is 9.14. The molecule has 0 bridgehead atoms. The summed E-state index contributed by atoms with van der Waals surface area (Å²) < 4.78 is 7.30. The first-order valence-corrected chi connectivity index (χ1v) is 5.68. The molecular weight excluding hydrogens is 354 g/mol. The maximum absolute atomic E-state index is 6.01. The van der Waals surface area contributed by atoms with Gasteiger partial charge >= 0.3 is 0 Å². The van der Waals surface area contributed by atoms with E-state index in [2.05, 4.69) is 38.5 Å². The zero-order valence-electron chi connectivity index (χ0n) is 6.40. The molecule has 0 aliphatic rings. The second kappa shape index (κ2) is 4.67. The summed E-state index contributed by atoms with van der Waals surface area (Å²) in [6, 6.07) is 3.79. The van der Waals surface area contributed by atoms with Crippen molar-refractivity contribution in [2.24, 2.45) is 0 Å². The number of hydrogen-bond acceptors (Lipinski definition) is 1. The fourth-order valence-corrected chi connectivity index (χ4v) is 1.88. The zero-order valence-corrected chi connectivity index (χ0v) is 10.9. The van der Waals surface area contributed by atoms with E-state index in [9.17, 15) is 0 Å². The van der Waals surface area contributed by atoms with Crippen LogP contribution in [0.2, 0.25) is 5.02 Å². The molecule has 0 saturated heterocycles. The maximum Gasteiger partial charge on any atom is 0.139 e. The third-order valence-electron chi connectivity index (χ3n) is 1.30. The highest BCUT2D eigenvalue weighted by Crippen LogP contribution is 2.34. The number of rotatable bonds is 2. The molecule has 1 rings (SSSR count). The van der Waals surface area contributed by atoms with E-state index >= 15 is 0 Å². The molecule has 0 aliphatic carbocycles. The molecule has 12 heavy (non-hydrogen) atoms. The summed E-state index contributed by atoms with van der Waals surface area (Å²) in [7, 11) is 0. The van der Waals surface area contributed by atoms with Crippen molar-refractivity contribution < 1.29 is 4.74 Å². The molecule has 0 spiro atoms. The van der Waals surface area contributed by atoms with Gasteiger partial charge in [-0.15, -0.1) is 0 Å². The molecule has 1 nitrogen and oxygen atoms in total. The van der Waals surface area contributed by atoms with Crippen molar-refractivity contribution in [2.75, 3.05) is 6.61 Å². The van der Waals surface area contributed by atoms with E-state index in [0.717, 1.165) is 13.8 Å². The Morgan fingerprint density at radius 3 is 2.83 bits per heavy atom. The first-order valence-electron chi connectivity index (χ1n) is 3.43. The fraction of sp³-hybridized carbons (Fsp3) is 0.250. The molecule has 66 valence electrons. The van der Waals surface area contributed by atoms with Crippen molar-refractivity contribution in [3.63, 3.8) is 0 Å². The van der Waals surface area contributed by atoms with Crippen molar-refractivity contribution in [3.05, 3.63) is 25.2 Å². The van der Waals surface area contributed by atoms with Gasteiger partial charge in [0.1, 0.15) is 5.75 Å². The van der Waals surface area contributed by atoms with E-state index in [0.29, 0.717) is 11.6 Å². The van der Waals surface area contributed by atoms with Gasteiger partial charge in [-0.3, -0.25) is 0 Å². The van der Waals surface area contributed by atoms with E-state index in [1.54, 1.807) is 0 Å². The van der Waals surface area contributed by atoms with Gasteiger partial charge in [-0.05, 0) is 57.6 Å². The highest BCUT2D eigenvalue weighted by Gasteiger charge is 2.07. The van der Waals surface area contributed by atoms with Gasteiger partial charge in [-0.1, -0.05) is 11.6 Å². The van der Waals surface area contributed by atoms with Crippen LogP contribution in [0.3, 0.4) is 0 Å². The van der Waals surface area contributed by atoms with E-state index < -0.39 is 0 Å². The van der Waals surface area contributed by atoms with Crippen LogP contribution in [0.4, 0.5) is 0 Å². The lowest BCUT2D eigenvalue weighted by Gasteiger charge is -2.07. The third-order valence-corrected chi connectivity index (χ3v) is 4.52. The van der Waals surface area contributed by atoms with Gasteiger partial charge in [0.2, 0.25) is 0 Å². The molecule has 4 heteroatoms. The minimum atomic E-state index is 0.636. The molecule has 1 aromatic carbocycles. The van der Waals surface area contributed by atoms with Crippen LogP contribution >= 0.6 is 50.1 Å². The van der Waals surface area contributed by atoms with E-state index in [1.165, 1.54) is 0 Å². The lowest BCUT2D eigenvalue weighted by Crippen LogP contribution is -1.93. The first-order chi connectivity index (χ1) is 5.66. The van der Waals surface area contributed by atoms with Crippen LogP contribution in [0.25, 0.3) is 0 Å². The Morgan fingerprint density at radius 2 is 2.25 bits per heavy atom. The molecule has 0 aliphatic heterocycles. The monoisotopic (exact) mass is 360 g/mol. The molecule has 1 aromatic rings. The van der Waals surface area contributed by atoms with Gasteiger partial charge in [0, 0.05) is 8.04 Å². The Labute approximate surface area is 98.7 Å². The first kappa shape index (κ1) is 10.6. The molecule has 0 unspecified atom stereocenters. The lowest BCUT2D eigenvalue weighted by molar-refractivity contribution is 0.340. The van der Waals surface area contributed by atoms with Crippen LogP contribution in [-0.4, -0.2) is 6.61 Å². The smallest absolute Gasteiger partial charge is 0.139 e. The summed E-state index contributed by atoms with van der Waals surface area (Å²) in [5.74, 6) is 0.742. The predicted octanol–water partition coefficient (Wildman–Crippen LogP) is 4.11.